The first-order valence-electron chi connectivity index (χ1n) is 16.9. The summed E-state index contributed by atoms with van der Waals surface area (Å²) < 4.78 is 18.9. The summed E-state index contributed by atoms with van der Waals surface area (Å²) >= 11 is 0. The van der Waals surface area contributed by atoms with Gasteiger partial charge < -0.3 is 29.5 Å². The Morgan fingerprint density at radius 2 is 1.68 bits per heavy atom. The summed E-state index contributed by atoms with van der Waals surface area (Å²) in [5, 5.41) is 28.5. The first kappa shape index (κ1) is 36.0. The summed E-state index contributed by atoms with van der Waals surface area (Å²) in [5.74, 6) is -0.800. The van der Waals surface area contributed by atoms with Crippen LogP contribution in [0.3, 0.4) is 0 Å². The maximum Gasteiger partial charge on any atom is 0.303 e. The minimum absolute atomic E-state index is 0.0689. The molecule has 0 saturated carbocycles. The van der Waals surface area contributed by atoms with Crippen molar-refractivity contribution in [2.75, 3.05) is 6.61 Å². The minimum atomic E-state index is -0.832. The van der Waals surface area contributed by atoms with Gasteiger partial charge in [0.1, 0.15) is 18.1 Å². The van der Waals surface area contributed by atoms with E-state index in [1.807, 2.05) is 91.1 Å². The molecule has 1 fully saturated rings. The number of nitrogens with zero attached hydrogens (tertiary/aromatic N) is 1. The third-order valence-electron chi connectivity index (χ3n) is 8.49. The lowest BCUT2D eigenvalue weighted by molar-refractivity contribution is -0.244. The molecule has 0 unspecified atom stereocenters. The monoisotopic (exact) mass is 677 g/mol. The van der Waals surface area contributed by atoms with Crippen molar-refractivity contribution in [2.24, 2.45) is 5.92 Å². The Balaban J connectivity index is 1.23. The van der Waals surface area contributed by atoms with E-state index in [1.165, 1.54) is 0 Å². The van der Waals surface area contributed by atoms with E-state index in [4.69, 9.17) is 24.4 Å². The average molecular weight is 678 g/mol. The molecule has 3 atom stereocenters. The van der Waals surface area contributed by atoms with Crippen LogP contribution >= 0.6 is 0 Å². The van der Waals surface area contributed by atoms with Crippen molar-refractivity contribution >= 4 is 17.5 Å². The highest BCUT2D eigenvalue weighted by Gasteiger charge is 2.34. The zero-order chi connectivity index (χ0) is 35.1. The number of hydrogen-bond acceptors (Lipinski definition) is 7. The lowest BCUT2D eigenvalue weighted by Crippen LogP contribution is -2.30. The Morgan fingerprint density at radius 3 is 2.44 bits per heavy atom. The van der Waals surface area contributed by atoms with Gasteiger partial charge in [-0.05, 0) is 79.1 Å². The van der Waals surface area contributed by atoms with Crippen LogP contribution in [0, 0.1) is 5.92 Å². The van der Waals surface area contributed by atoms with Crippen molar-refractivity contribution < 1.29 is 39.1 Å². The number of pyridine rings is 1. The van der Waals surface area contributed by atoms with E-state index in [9.17, 15) is 14.7 Å². The van der Waals surface area contributed by atoms with E-state index in [2.05, 4.69) is 11.1 Å². The number of unbranched alkanes of at least 4 members (excludes halogenated alkanes) is 2. The number of phenolic OH excluding ortho intramolecular Hbond substituents is 1. The Kier molecular flexibility index (Phi) is 13.3. The van der Waals surface area contributed by atoms with Crippen LogP contribution in [-0.4, -0.2) is 38.8 Å². The minimum Gasteiger partial charge on any atom is -0.508 e. The Bertz CT molecular complexity index is 1750. The van der Waals surface area contributed by atoms with E-state index in [0.717, 1.165) is 46.4 Å². The number of aliphatic carboxylic acids is 2. The van der Waals surface area contributed by atoms with Crippen LogP contribution in [0.2, 0.25) is 0 Å². The van der Waals surface area contributed by atoms with Gasteiger partial charge in [-0.25, -0.2) is 0 Å². The summed E-state index contributed by atoms with van der Waals surface area (Å²) in [6.45, 7) is 0.735. The fourth-order valence-electron chi connectivity index (χ4n) is 5.92. The first-order chi connectivity index (χ1) is 24.4. The molecule has 0 bridgehead atoms. The summed E-state index contributed by atoms with van der Waals surface area (Å²) in [6.07, 6.45) is 12.0. The molecule has 9 heteroatoms. The van der Waals surface area contributed by atoms with Crippen molar-refractivity contribution in [1.82, 2.24) is 4.98 Å². The molecule has 0 amide bonds. The van der Waals surface area contributed by atoms with Gasteiger partial charge in [-0.2, -0.15) is 0 Å². The van der Waals surface area contributed by atoms with Crippen LogP contribution in [-0.2, 0) is 25.7 Å². The molecule has 0 aliphatic carbocycles. The number of phenols is 1. The van der Waals surface area contributed by atoms with Gasteiger partial charge in [0, 0.05) is 47.8 Å². The molecule has 2 heterocycles. The largest absolute Gasteiger partial charge is 0.508 e. The molecule has 1 aromatic heterocycles. The van der Waals surface area contributed by atoms with Crippen LogP contribution in [0.1, 0.15) is 85.2 Å². The molecule has 1 aliphatic rings. The average Bonchev–Trinajstić information content (AvgIpc) is 3.13. The van der Waals surface area contributed by atoms with E-state index in [1.54, 1.807) is 18.3 Å². The van der Waals surface area contributed by atoms with Crippen molar-refractivity contribution in [3.05, 3.63) is 143 Å². The smallest absolute Gasteiger partial charge is 0.303 e. The second-order valence-electron chi connectivity index (χ2n) is 12.2. The molecule has 0 spiro atoms. The second kappa shape index (κ2) is 18.5. The number of hydrogen-bond donors (Lipinski definition) is 3. The molecule has 3 N–H and O–H groups in total. The molecule has 5 rings (SSSR count). The molecule has 50 heavy (non-hydrogen) atoms. The topological polar surface area (TPSA) is 135 Å². The predicted molar refractivity (Wildman–Crippen MR) is 189 cm³/mol. The third kappa shape index (κ3) is 10.6. The number of para-hydroxylation sites is 1. The van der Waals surface area contributed by atoms with Crippen LogP contribution in [0.4, 0.5) is 0 Å². The van der Waals surface area contributed by atoms with Gasteiger partial charge in [0.25, 0.3) is 0 Å². The predicted octanol–water partition coefficient (Wildman–Crippen LogP) is 8.66. The number of rotatable bonds is 17. The van der Waals surface area contributed by atoms with E-state index >= 15 is 0 Å². The van der Waals surface area contributed by atoms with Gasteiger partial charge in [0.15, 0.2) is 6.29 Å². The number of aromatic hydroxyl groups is 1. The number of ether oxygens (including phenoxy) is 3. The van der Waals surface area contributed by atoms with Crippen molar-refractivity contribution in [2.45, 2.75) is 63.9 Å². The molecule has 4 aromatic rings. The van der Waals surface area contributed by atoms with Gasteiger partial charge >= 0.3 is 11.9 Å². The van der Waals surface area contributed by atoms with Crippen molar-refractivity contribution in [3.63, 3.8) is 0 Å². The number of benzene rings is 3. The van der Waals surface area contributed by atoms with Gasteiger partial charge in [0.05, 0.1) is 12.7 Å². The van der Waals surface area contributed by atoms with Crippen LogP contribution in [0.25, 0.3) is 5.57 Å². The first-order valence-corrected chi connectivity index (χ1v) is 16.9. The summed E-state index contributed by atoms with van der Waals surface area (Å²) in [5.41, 5.74) is 5.52. The van der Waals surface area contributed by atoms with Crippen molar-refractivity contribution in [1.29, 1.82) is 0 Å². The van der Waals surface area contributed by atoms with Gasteiger partial charge in [-0.3, -0.25) is 14.6 Å². The zero-order valence-electron chi connectivity index (χ0n) is 27.9. The van der Waals surface area contributed by atoms with Crippen LogP contribution in [0.5, 0.6) is 11.5 Å². The second-order valence-corrected chi connectivity index (χ2v) is 12.2. The molecule has 260 valence electrons. The Labute approximate surface area is 292 Å². The SMILES string of the molecule is O=C(O)CC/C=C\C[C@@H]1CO[C@H](c2cccc(COc3ccc(/C(=C\CCCCC(=O)O)c4cccnc4)cc3)c2)O[C@@H]1c1ccccc1O. The van der Waals surface area contributed by atoms with Crippen LogP contribution in [0.15, 0.2) is 116 Å². The molecule has 3 aromatic carbocycles. The number of carbonyl (C=O) groups is 2. The lowest BCUT2D eigenvalue weighted by atomic mass is 9.91. The molecular weight excluding hydrogens is 634 g/mol. The maximum atomic E-state index is 10.9. The normalized spacial score (nSPS) is 17.8. The fourth-order valence-corrected chi connectivity index (χ4v) is 5.92. The highest BCUT2D eigenvalue weighted by atomic mass is 16.7. The third-order valence-corrected chi connectivity index (χ3v) is 8.49. The zero-order valence-corrected chi connectivity index (χ0v) is 27.9. The van der Waals surface area contributed by atoms with Gasteiger partial charge in [-0.1, -0.05) is 72.8 Å². The molecule has 1 saturated heterocycles. The van der Waals surface area contributed by atoms with E-state index < -0.39 is 24.3 Å². The summed E-state index contributed by atoms with van der Waals surface area (Å²) in [4.78, 5) is 26.0. The quantitative estimate of drug-likeness (QED) is 0.0741. The van der Waals surface area contributed by atoms with Gasteiger partial charge in [0.2, 0.25) is 0 Å². The lowest BCUT2D eigenvalue weighted by Gasteiger charge is -2.37. The Hall–Kier alpha value is -5.25. The van der Waals surface area contributed by atoms with E-state index in [-0.39, 0.29) is 24.5 Å². The Morgan fingerprint density at radius 1 is 0.860 bits per heavy atom. The number of allylic oxidation sites excluding steroid dienone is 3. The fraction of sp³-hybridized carbons (Fsp3) is 0.293. The summed E-state index contributed by atoms with van der Waals surface area (Å²) in [7, 11) is 0. The standard InChI is InChI=1S/C41H43NO8/c43-37-17-8-7-16-36(37)40-33(12-3-1-5-18-38(44)45)28-49-41(50-40)31-13-9-11-29(25-31)27-48-34-22-20-30(21-23-34)35(32-14-10-24-42-26-32)15-4-2-6-19-39(46)47/h1,3,7-11,13-17,20-26,33,40-41,43H,2,4-6,12,18-19,27-28H2,(H,44,45)(H,46,47)/b3-1-,35-15+/t33-,40+,41+/m1/s1. The highest BCUT2D eigenvalue weighted by Crippen LogP contribution is 2.42. The van der Waals surface area contributed by atoms with Crippen LogP contribution < -0.4 is 4.74 Å². The molecule has 9 nitrogen and oxygen atoms in total. The number of carboxylic acids is 2. The molecule has 0 radical (unpaired) electrons. The number of aromatic nitrogens is 1. The van der Waals surface area contributed by atoms with Crippen molar-refractivity contribution in [3.8, 4) is 11.5 Å². The highest BCUT2D eigenvalue weighted by molar-refractivity contribution is 5.79. The molecular formula is C41H43NO8. The molecule has 1 aliphatic heterocycles. The van der Waals surface area contributed by atoms with E-state index in [0.29, 0.717) is 38.0 Å². The maximum absolute atomic E-state index is 10.9. The van der Waals surface area contributed by atoms with Gasteiger partial charge in [-0.15, -0.1) is 0 Å². The summed E-state index contributed by atoms with van der Waals surface area (Å²) in [6, 6.07) is 26.9. The number of carboxylic acid groups (broad SMARTS) is 2.